The third-order valence-corrected chi connectivity index (χ3v) is 8.43. The molecule has 2 aromatic carbocycles. The lowest BCUT2D eigenvalue weighted by Crippen LogP contribution is -2.54. The summed E-state index contributed by atoms with van der Waals surface area (Å²) in [7, 11) is -3.10. The van der Waals surface area contributed by atoms with Crippen LogP contribution in [0.2, 0.25) is 0 Å². The van der Waals surface area contributed by atoms with Gasteiger partial charge in [-0.15, -0.1) is 4.36 Å². The zero-order chi connectivity index (χ0) is 21.7. The SMILES string of the molecule is Cc1ccc(S(=O)(=NC(=O)c2ccccc2)N[C@@H]2CCCC[C@H]2N2CCCCC2)cc1. The first-order chi connectivity index (χ1) is 15.0. The van der Waals surface area contributed by atoms with Crippen LogP contribution in [0, 0.1) is 6.92 Å². The molecule has 1 saturated carbocycles. The van der Waals surface area contributed by atoms with Gasteiger partial charge in [0, 0.05) is 17.6 Å². The number of nitrogens with one attached hydrogen (secondary N) is 1. The summed E-state index contributed by atoms with van der Waals surface area (Å²) in [6.07, 6.45) is 8.12. The van der Waals surface area contributed by atoms with E-state index >= 15 is 0 Å². The molecule has 1 heterocycles. The maximum Gasteiger partial charge on any atom is 0.286 e. The highest BCUT2D eigenvalue weighted by atomic mass is 32.2. The highest BCUT2D eigenvalue weighted by Gasteiger charge is 2.33. The highest BCUT2D eigenvalue weighted by Crippen LogP contribution is 2.28. The number of carbonyl (C=O) groups excluding carboxylic acids is 1. The van der Waals surface area contributed by atoms with Crippen molar-refractivity contribution >= 4 is 15.8 Å². The molecule has 0 aromatic heterocycles. The molecule has 1 N–H and O–H groups in total. The van der Waals surface area contributed by atoms with Crippen molar-refractivity contribution in [2.24, 2.45) is 4.36 Å². The van der Waals surface area contributed by atoms with Gasteiger partial charge in [0.25, 0.3) is 5.91 Å². The van der Waals surface area contributed by atoms with Crippen molar-refractivity contribution in [3.8, 4) is 0 Å². The summed E-state index contributed by atoms with van der Waals surface area (Å²) in [5, 5.41) is 0. The Hall–Kier alpha value is -2.02. The number of hydrogen-bond donors (Lipinski definition) is 1. The van der Waals surface area contributed by atoms with Crippen LogP contribution in [0.5, 0.6) is 0 Å². The number of aryl methyl sites for hydroxylation is 1. The molecule has 2 aromatic rings. The van der Waals surface area contributed by atoms with E-state index < -0.39 is 15.8 Å². The standard InChI is InChI=1S/C25H33N3O2S/c1-20-14-16-22(17-15-20)31(30,27-25(29)21-10-4-2-5-11-21)26-23-12-6-7-13-24(23)28-18-8-3-9-19-28/h2,4-5,10-11,14-17,23-24H,3,6-9,12-13,18-19H2,1H3,(H,26,27,29,30)/t23-,24-,31?/m1/s1. The average Bonchev–Trinajstić information content (AvgIpc) is 2.81. The Morgan fingerprint density at radius 3 is 2.32 bits per heavy atom. The number of benzene rings is 2. The van der Waals surface area contributed by atoms with Crippen LogP contribution in [-0.4, -0.2) is 40.2 Å². The van der Waals surface area contributed by atoms with Crippen LogP contribution in [0.3, 0.4) is 0 Å². The molecule has 5 nitrogen and oxygen atoms in total. The zero-order valence-corrected chi connectivity index (χ0v) is 19.2. The second kappa shape index (κ2) is 10.1. The number of hydrogen-bond acceptors (Lipinski definition) is 3. The third kappa shape index (κ3) is 5.43. The minimum Gasteiger partial charge on any atom is -0.299 e. The summed E-state index contributed by atoms with van der Waals surface area (Å²) in [4.78, 5) is 16.1. The van der Waals surface area contributed by atoms with Gasteiger partial charge in [0.05, 0.1) is 4.90 Å². The van der Waals surface area contributed by atoms with E-state index in [-0.39, 0.29) is 6.04 Å². The molecule has 1 saturated heterocycles. The molecule has 1 unspecified atom stereocenters. The monoisotopic (exact) mass is 439 g/mol. The van der Waals surface area contributed by atoms with E-state index in [4.69, 9.17) is 0 Å². The summed E-state index contributed by atoms with van der Waals surface area (Å²) in [5.74, 6) is -0.441. The van der Waals surface area contributed by atoms with E-state index in [1.165, 1.54) is 25.7 Å². The maximum atomic E-state index is 14.3. The number of likely N-dealkylation sites (tertiary alicyclic amines) is 1. The van der Waals surface area contributed by atoms with E-state index in [0.29, 0.717) is 16.5 Å². The molecule has 4 rings (SSSR count). The van der Waals surface area contributed by atoms with Gasteiger partial charge in [0.15, 0.2) is 0 Å². The summed E-state index contributed by atoms with van der Waals surface area (Å²) >= 11 is 0. The summed E-state index contributed by atoms with van der Waals surface area (Å²) in [6, 6.07) is 16.9. The van der Waals surface area contributed by atoms with Crippen molar-refractivity contribution < 1.29 is 9.00 Å². The van der Waals surface area contributed by atoms with Crippen molar-refractivity contribution in [1.29, 1.82) is 0 Å². The van der Waals surface area contributed by atoms with Crippen LogP contribution in [0.1, 0.15) is 60.9 Å². The van der Waals surface area contributed by atoms with Gasteiger partial charge in [0.1, 0.15) is 9.92 Å². The Labute approximate surface area is 186 Å². The first kappa shape index (κ1) is 22.2. The minimum atomic E-state index is -3.10. The Kier molecular flexibility index (Phi) is 7.20. The average molecular weight is 440 g/mol. The van der Waals surface area contributed by atoms with Crippen LogP contribution in [0.15, 0.2) is 63.9 Å². The first-order valence-corrected chi connectivity index (χ1v) is 13.0. The molecule has 1 aliphatic carbocycles. The smallest absolute Gasteiger partial charge is 0.286 e. The number of nitrogens with zero attached hydrogens (tertiary/aromatic N) is 2. The van der Waals surface area contributed by atoms with Gasteiger partial charge in [-0.1, -0.05) is 55.2 Å². The van der Waals surface area contributed by atoms with Crippen molar-refractivity contribution in [1.82, 2.24) is 9.62 Å². The summed E-state index contributed by atoms with van der Waals surface area (Å²) in [5.41, 5.74) is 1.55. The normalized spacial score (nSPS) is 24.3. The molecule has 1 amide bonds. The molecule has 166 valence electrons. The summed E-state index contributed by atoms with van der Waals surface area (Å²) < 4.78 is 22.0. The van der Waals surface area contributed by atoms with Crippen molar-refractivity contribution in [3.05, 3.63) is 65.7 Å². The Bertz CT molecular complexity index is 991. The molecule has 3 atom stereocenters. The topological polar surface area (TPSA) is 61.8 Å². The predicted molar refractivity (Wildman–Crippen MR) is 125 cm³/mol. The minimum absolute atomic E-state index is 0.0629. The third-order valence-electron chi connectivity index (χ3n) is 6.47. The van der Waals surface area contributed by atoms with Crippen LogP contribution < -0.4 is 4.72 Å². The van der Waals surface area contributed by atoms with E-state index in [1.807, 2.05) is 37.3 Å². The highest BCUT2D eigenvalue weighted by molar-refractivity contribution is 7.92. The van der Waals surface area contributed by atoms with Gasteiger partial charge in [-0.25, -0.2) is 8.93 Å². The van der Waals surface area contributed by atoms with Gasteiger partial charge in [-0.05, 0) is 70.0 Å². The Morgan fingerprint density at radius 2 is 1.61 bits per heavy atom. The van der Waals surface area contributed by atoms with Crippen LogP contribution >= 0.6 is 0 Å². The predicted octanol–water partition coefficient (Wildman–Crippen LogP) is 4.96. The lowest BCUT2D eigenvalue weighted by Gasteiger charge is -2.42. The number of carbonyl (C=O) groups is 1. The number of piperidine rings is 1. The lowest BCUT2D eigenvalue weighted by atomic mass is 9.89. The van der Waals surface area contributed by atoms with E-state index in [0.717, 1.165) is 37.9 Å². The molecule has 31 heavy (non-hydrogen) atoms. The zero-order valence-electron chi connectivity index (χ0n) is 18.3. The largest absolute Gasteiger partial charge is 0.299 e. The van der Waals surface area contributed by atoms with Crippen LogP contribution in [0.4, 0.5) is 0 Å². The fourth-order valence-electron chi connectivity index (χ4n) is 4.76. The van der Waals surface area contributed by atoms with Gasteiger partial charge in [-0.3, -0.25) is 9.69 Å². The molecule has 0 spiro atoms. The van der Waals surface area contributed by atoms with Crippen molar-refractivity contribution in [2.75, 3.05) is 13.1 Å². The second-order valence-corrected chi connectivity index (χ2v) is 10.7. The van der Waals surface area contributed by atoms with Gasteiger partial charge in [-0.2, -0.15) is 0 Å². The molecule has 2 aliphatic rings. The van der Waals surface area contributed by atoms with Gasteiger partial charge >= 0.3 is 0 Å². The molecule has 6 heteroatoms. The molecule has 0 bridgehead atoms. The van der Waals surface area contributed by atoms with E-state index in [2.05, 4.69) is 14.0 Å². The molecule has 0 radical (unpaired) electrons. The van der Waals surface area contributed by atoms with E-state index in [9.17, 15) is 9.00 Å². The lowest BCUT2D eigenvalue weighted by molar-refractivity contribution is 0.100. The van der Waals surface area contributed by atoms with Crippen LogP contribution in [-0.2, 0) is 9.92 Å². The van der Waals surface area contributed by atoms with Crippen molar-refractivity contribution in [3.63, 3.8) is 0 Å². The second-order valence-electron chi connectivity index (χ2n) is 8.77. The maximum absolute atomic E-state index is 14.3. The van der Waals surface area contributed by atoms with Crippen LogP contribution in [0.25, 0.3) is 0 Å². The molecular formula is C25H33N3O2S. The fraction of sp³-hybridized carbons (Fsp3) is 0.480. The molecule has 1 aliphatic heterocycles. The summed E-state index contributed by atoms with van der Waals surface area (Å²) in [6.45, 7) is 4.21. The van der Waals surface area contributed by atoms with E-state index in [1.54, 1.807) is 24.3 Å². The van der Waals surface area contributed by atoms with Gasteiger partial charge < -0.3 is 0 Å². The quantitative estimate of drug-likeness (QED) is 0.716. The number of rotatable bonds is 5. The number of amides is 1. The molecule has 2 fully saturated rings. The Morgan fingerprint density at radius 1 is 0.935 bits per heavy atom. The molecular weight excluding hydrogens is 406 g/mol. The van der Waals surface area contributed by atoms with Crippen molar-refractivity contribution in [2.45, 2.75) is 68.8 Å². The first-order valence-electron chi connectivity index (χ1n) is 11.5. The Balaban J connectivity index is 1.68. The van der Waals surface area contributed by atoms with Gasteiger partial charge in [0.2, 0.25) is 0 Å². The fourth-order valence-corrected chi connectivity index (χ4v) is 6.58.